The van der Waals surface area contributed by atoms with E-state index in [0.29, 0.717) is 23.2 Å². The van der Waals surface area contributed by atoms with Crippen LogP contribution in [0.25, 0.3) is 0 Å². The van der Waals surface area contributed by atoms with Gasteiger partial charge in [-0.2, -0.15) is 0 Å². The molecule has 7 heteroatoms. The van der Waals surface area contributed by atoms with Crippen molar-refractivity contribution in [1.29, 1.82) is 0 Å². The van der Waals surface area contributed by atoms with Crippen LogP contribution in [0.2, 0.25) is 0 Å². The number of aliphatic hydroxyl groups excluding tert-OH is 5. The summed E-state index contributed by atoms with van der Waals surface area (Å²) in [6.07, 6.45) is 5.90. The third-order valence-corrected chi connectivity index (χ3v) is 14.2. The summed E-state index contributed by atoms with van der Waals surface area (Å²) in [7, 11) is 0. The van der Waals surface area contributed by atoms with Gasteiger partial charge in [0.25, 0.3) is 0 Å². The number of hydrogen-bond donors (Lipinski definition) is 5. The van der Waals surface area contributed by atoms with Crippen LogP contribution in [0, 0.1) is 39.4 Å². The largest absolute Gasteiger partial charge is 0.394 e. The standard InChI is InChI=1S/C36H62O7/c1-21(10-9-16-32(2,3)43-31-30(41)29(40)28(39)25(20-37)42-31)22-13-18-36(8)24-11-12-26-33(4,5)27(38)15-17-34(26,6)23(24)14-19-35(22,36)7/h21-22,25-31,37-41H,9-20H2,1-8H3/t21-,22-,25?,26+,27?,28?,29?,30?,31?,34-,35-,36+/m1/s1. The Balaban J connectivity index is 1.23. The van der Waals surface area contributed by atoms with Gasteiger partial charge in [0.05, 0.1) is 18.3 Å². The second-order valence-corrected chi connectivity index (χ2v) is 17.2. The molecule has 5 N–H and O–H groups in total. The molecule has 0 spiro atoms. The van der Waals surface area contributed by atoms with E-state index in [4.69, 9.17) is 9.47 Å². The highest BCUT2D eigenvalue weighted by Gasteiger charge is 2.63. The molecule has 248 valence electrons. The molecule has 0 amide bonds. The first kappa shape index (κ1) is 33.8. The quantitative estimate of drug-likeness (QED) is 0.232. The maximum atomic E-state index is 10.9. The molecule has 1 heterocycles. The molecule has 5 aliphatic rings. The Morgan fingerprint density at radius 1 is 0.884 bits per heavy atom. The summed E-state index contributed by atoms with van der Waals surface area (Å²) in [5.41, 5.74) is 3.69. The minimum Gasteiger partial charge on any atom is -0.394 e. The topological polar surface area (TPSA) is 120 Å². The number of ether oxygens (including phenoxy) is 2. The van der Waals surface area contributed by atoms with Crippen molar-refractivity contribution in [1.82, 2.24) is 0 Å². The van der Waals surface area contributed by atoms with Crippen LogP contribution in [-0.2, 0) is 9.47 Å². The summed E-state index contributed by atoms with van der Waals surface area (Å²) in [6.45, 7) is 18.3. The number of rotatable bonds is 8. The van der Waals surface area contributed by atoms with E-state index >= 15 is 0 Å². The van der Waals surface area contributed by atoms with Gasteiger partial charge in [-0.05, 0) is 111 Å². The summed E-state index contributed by atoms with van der Waals surface area (Å²) in [5.74, 6) is 1.82. The van der Waals surface area contributed by atoms with Gasteiger partial charge in [0.15, 0.2) is 6.29 Å². The van der Waals surface area contributed by atoms with Crippen LogP contribution in [-0.4, -0.2) is 74.6 Å². The summed E-state index contributed by atoms with van der Waals surface area (Å²) < 4.78 is 11.7. The van der Waals surface area contributed by atoms with Gasteiger partial charge in [-0.1, -0.05) is 65.5 Å². The Kier molecular flexibility index (Phi) is 9.13. The normalized spacial score (nSPS) is 47.1. The monoisotopic (exact) mass is 606 g/mol. The van der Waals surface area contributed by atoms with Crippen molar-refractivity contribution in [2.45, 2.75) is 168 Å². The van der Waals surface area contributed by atoms with E-state index in [-0.39, 0.29) is 22.3 Å². The Hall–Kier alpha value is -0.540. The first-order valence-corrected chi connectivity index (χ1v) is 17.3. The molecule has 0 radical (unpaired) electrons. The minimum atomic E-state index is -1.43. The summed E-state index contributed by atoms with van der Waals surface area (Å²) in [4.78, 5) is 0. The molecule has 0 aromatic heterocycles. The highest BCUT2D eigenvalue weighted by molar-refractivity contribution is 5.38. The highest BCUT2D eigenvalue weighted by Crippen LogP contribution is 2.72. The van der Waals surface area contributed by atoms with E-state index in [1.54, 1.807) is 11.1 Å². The molecule has 0 aromatic rings. The van der Waals surface area contributed by atoms with Gasteiger partial charge in [0.2, 0.25) is 0 Å². The van der Waals surface area contributed by atoms with Crippen LogP contribution in [0.3, 0.4) is 0 Å². The van der Waals surface area contributed by atoms with Crippen LogP contribution < -0.4 is 0 Å². The van der Waals surface area contributed by atoms with E-state index in [0.717, 1.165) is 32.1 Å². The average Bonchev–Trinajstić information content (AvgIpc) is 3.22. The maximum absolute atomic E-state index is 10.9. The van der Waals surface area contributed by atoms with Gasteiger partial charge in [-0.15, -0.1) is 0 Å². The fourth-order valence-corrected chi connectivity index (χ4v) is 11.2. The van der Waals surface area contributed by atoms with Crippen molar-refractivity contribution in [2.24, 2.45) is 39.4 Å². The van der Waals surface area contributed by atoms with Crippen molar-refractivity contribution >= 4 is 0 Å². The Morgan fingerprint density at radius 2 is 1.58 bits per heavy atom. The summed E-state index contributed by atoms with van der Waals surface area (Å²) in [5, 5.41) is 51.1. The van der Waals surface area contributed by atoms with Gasteiger partial charge in [0, 0.05) is 0 Å². The van der Waals surface area contributed by atoms with Crippen molar-refractivity contribution in [3.8, 4) is 0 Å². The first-order valence-electron chi connectivity index (χ1n) is 17.3. The fraction of sp³-hybridized carbons (Fsp3) is 0.944. The number of allylic oxidation sites excluding steroid dienone is 2. The molecule has 4 aliphatic carbocycles. The van der Waals surface area contributed by atoms with E-state index in [9.17, 15) is 25.5 Å². The fourth-order valence-electron chi connectivity index (χ4n) is 11.2. The molecule has 2 saturated carbocycles. The zero-order chi connectivity index (χ0) is 31.8. The maximum Gasteiger partial charge on any atom is 0.187 e. The van der Waals surface area contributed by atoms with Crippen molar-refractivity contribution in [2.75, 3.05) is 6.61 Å². The molecular weight excluding hydrogens is 544 g/mol. The van der Waals surface area contributed by atoms with Crippen LogP contribution in [0.4, 0.5) is 0 Å². The molecule has 0 bridgehead atoms. The number of aliphatic hydroxyl groups is 5. The smallest absolute Gasteiger partial charge is 0.187 e. The highest BCUT2D eigenvalue weighted by atomic mass is 16.7. The van der Waals surface area contributed by atoms with E-state index in [2.05, 4.69) is 41.5 Å². The predicted molar refractivity (Wildman–Crippen MR) is 167 cm³/mol. The van der Waals surface area contributed by atoms with E-state index in [1.165, 1.54) is 38.5 Å². The SMILES string of the molecule is C[C@H](CCCC(C)(C)OC1OC(CO)C(O)C(O)C1O)[C@H]1CC[C@@]2(C)C3=C(CC[C@]12C)[C@@]1(C)CCC(O)C(C)(C)[C@@H]1CC3. The van der Waals surface area contributed by atoms with Gasteiger partial charge >= 0.3 is 0 Å². The lowest BCUT2D eigenvalue weighted by Gasteiger charge is -2.62. The van der Waals surface area contributed by atoms with E-state index in [1.807, 2.05) is 13.8 Å². The summed E-state index contributed by atoms with van der Waals surface area (Å²) in [6, 6.07) is 0. The predicted octanol–water partition coefficient (Wildman–Crippen LogP) is 5.50. The zero-order valence-electron chi connectivity index (χ0n) is 28.2. The van der Waals surface area contributed by atoms with Crippen LogP contribution in [0.1, 0.15) is 126 Å². The van der Waals surface area contributed by atoms with Crippen molar-refractivity contribution < 1.29 is 35.0 Å². The molecule has 43 heavy (non-hydrogen) atoms. The molecular formula is C36H62O7. The van der Waals surface area contributed by atoms with E-state index < -0.39 is 42.9 Å². The van der Waals surface area contributed by atoms with Crippen molar-refractivity contribution in [3.63, 3.8) is 0 Å². The Bertz CT molecular complexity index is 1050. The second-order valence-electron chi connectivity index (χ2n) is 17.2. The van der Waals surface area contributed by atoms with Gasteiger partial charge < -0.3 is 35.0 Å². The molecule has 12 atom stereocenters. The van der Waals surface area contributed by atoms with Gasteiger partial charge in [0.1, 0.15) is 24.4 Å². The third-order valence-electron chi connectivity index (χ3n) is 14.2. The molecule has 1 aliphatic heterocycles. The van der Waals surface area contributed by atoms with Crippen LogP contribution in [0.15, 0.2) is 11.1 Å². The number of hydrogen-bond acceptors (Lipinski definition) is 7. The Morgan fingerprint density at radius 3 is 2.26 bits per heavy atom. The molecule has 6 unspecified atom stereocenters. The van der Waals surface area contributed by atoms with Gasteiger partial charge in [-0.3, -0.25) is 0 Å². The molecule has 5 rings (SSSR count). The lowest BCUT2D eigenvalue weighted by Crippen LogP contribution is -2.60. The zero-order valence-corrected chi connectivity index (χ0v) is 28.2. The van der Waals surface area contributed by atoms with Crippen LogP contribution >= 0.6 is 0 Å². The number of fused-ring (bicyclic) bond motifs is 4. The summed E-state index contributed by atoms with van der Waals surface area (Å²) >= 11 is 0. The third kappa shape index (κ3) is 5.39. The lowest BCUT2D eigenvalue weighted by molar-refractivity contribution is -0.323. The molecule has 7 nitrogen and oxygen atoms in total. The van der Waals surface area contributed by atoms with Crippen molar-refractivity contribution in [3.05, 3.63) is 11.1 Å². The minimum absolute atomic E-state index is 0.0276. The average molecular weight is 607 g/mol. The molecule has 1 saturated heterocycles. The van der Waals surface area contributed by atoms with Gasteiger partial charge in [-0.25, -0.2) is 0 Å². The molecule has 3 fully saturated rings. The lowest BCUT2D eigenvalue weighted by atomic mass is 9.43. The first-order chi connectivity index (χ1) is 19.9. The van der Waals surface area contributed by atoms with Crippen LogP contribution in [0.5, 0.6) is 0 Å². The second kappa shape index (κ2) is 11.6. The molecule has 0 aromatic carbocycles. The Labute approximate surface area is 260 Å².